The summed E-state index contributed by atoms with van der Waals surface area (Å²) in [6.07, 6.45) is 1.91. The number of piperidine rings is 1. The fourth-order valence-corrected chi connectivity index (χ4v) is 3.66. The SMILES string of the molecule is O=C(NC1CCN(C(=O)Cc2ccc(Cl)cc2)CC1)c1ccccc1Br. The first-order valence-electron chi connectivity index (χ1n) is 8.60. The second-order valence-electron chi connectivity index (χ2n) is 6.41. The Morgan fingerprint density at radius 2 is 1.73 bits per heavy atom. The van der Waals surface area contributed by atoms with Gasteiger partial charge in [0.15, 0.2) is 0 Å². The lowest BCUT2D eigenvalue weighted by Crippen LogP contribution is -2.47. The highest BCUT2D eigenvalue weighted by Gasteiger charge is 2.24. The molecule has 0 bridgehead atoms. The number of amides is 2. The molecule has 0 radical (unpaired) electrons. The Bertz CT molecular complexity index is 787. The molecule has 136 valence electrons. The second kappa shape index (κ2) is 8.69. The Morgan fingerprint density at radius 3 is 2.38 bits per heavy atom. The zero-order valence-corrected chi connectivity index (χ0v) is 16.6. The molecule has 1 N–H and O–H groups in total. The van der Waals surface area contributed by atoms with E-state index in [2.05, 4.69) is 21.2 Å². The topological polar surface area (TPSA) is 49.4 Å². The van der Waals surface area contributed by atoms with Crippen molar-refractivity contribution in [2.75, 3.05) is 13.1 Å². The third-order valence-corrected chi connectivity index (χ3v) is 5.51. The molecule has 1 heterocycles. The van der Waals surface area contributed by atoms with Gasteiger partial charge >= 0.3 is 0 Å². The highest BCUT2D eigenvalue weighted by Crippen LogP contribution is 2.18. The van der Waals surface area contributed by atoms with Crippen LogP contribution in [0, 0.1) is 0 Å². The number of benzene rings is 2. The summed E-state index contributed by atoms with van der Waals surface area (Å²) in [5, 5.41) is 3.74. The normalized spacial score (nSPS) is 14.9. The number of carbonyl (C=O) groups is 2. The molecule has 1 aliphatic rings. The first-order valence-corrected chi connectivity index (χ1v) is 9.77. The monoisotopic (exact) mass is 434 g/mol. The van der Waals surface area contributed by atoms with E-state index in [0.717, 1.165) is 22.9 Å². The Kier molecular flexibility index (Phi) is 6.33. The average molecular weight is 436 g/mol. The van der Waals surface area contributed by atoms with Crippen LogP contribution in [0.25, 0.3) is 0 Å². The Balaban J connectivity index is 1.49. The number of nitrogens with zero attached hydrogens (tertiary/aromatic N) is 1. The van der Waals surface area contributed by atoms with Crippen LogP contribution in [-0.2, 0) is 11.2 Å². The van der Waals surface area contributed by atoms with Gasteiger partial charge in [-0.25, -0.2) is 0 Å². The van der Waals surface area contributed by atoms with Gasteiger partial charge in [0.2, 0.25) is 5.91 Å². The van der Waals surface area contributed by atoms with E-state index in [1.165, 1.54) is 0 Å². The van der Waals surface area contributed by atoms with Gasteiger partial charge in [-0.1, -0.05) is 35.9 Å². The van der Waals surface area contributed by atoms with Crippen LogP contribution in [0.1, 0.15) is 28.8 Å². The Labute approximate surface area is 166 Å². The average Bonchev–Trinajstić information content (AvgIpc) is 2.64. The van der Waals surface area contributed by atoms with E-state index in [1.807, 2.05) is 35.2 Å². The van der Waals surface area contributed by atoms with E-state index in [-0.39, 0.29) is 17.9 Å². The fourth-order valence-electron chi connectivity index (χ4n) is 3.07. The first-order chi connectivity index (χ1) is 12.5. The smallest absolute Gasteiger partial charge is 0.252 e. The van der Waals surface area contributed by atoms with Gasteiger partial charge in [-0.3, -0.25) is 9.59 Å². The van der Waals surface area contributed by atoms with Crippen LogP contribution in [0.4, 0.5) is 0 Å². The minimum absolute atomic E-state index is 0.0802. The molecule has 6 heteroatoms. The van der Waals surface area contributed by atoms with Crippen LogP contribution < -0.4 is 5.32 Å². The van der Waals surface area contributed by atoms with Gasteiger partial charge in [0.1, 0.15) is 0 Å². The molecule has 2 aromatic carbocycles. The molecule has 0 atom stereocenters. The van der Waals surface area contributed by atoms with Crippen molar-refractivity contribution in [1.29, 1.82) is 0 Å². The van der Waals surface area contributed by atoms with E-state index in [0.29, 0.717) is 30.1 Å². The summed E-state index contributed by atoms with van der Waals surface area (Å²) in [6, 6.07) is 14.8. The van der Waals surface area contributed by atoms with Crippen LogP contribution in [0.3, 0.4) is 0 Å². The number of rotatable bonds is 4. The fraction of sp³-hybridized carbons (Fsp3) is 0.300. The van der Waals surface area contributed by atoms with Crippen LogP contribution in [0.2, 0.25) is 5.02 Å². The number of hydrogen-bond acceptors (Lipinski definition) is 2. The van der Waals surface area contributed by atoms with Gasteiger partial charge in [0.05, 0.1) is 12.0 Å². The van der Waals surface area contributed by atoms with Crippen LogP contribution in [0.15, 0.2) is 53.0 Å². The zero-order valence-electron chi connectivity index (χ0n) is 14.3. The zero-order chi connectivity index (χ0) is 18.5. The summed E-state index contributed by atoms with van der Waals surface area (Å²) in [5.41, 5.74) is 1.59. The van der Waals surface area contributed by atoms with Crippen molar-refractivity contribution in [3.05, 3.63) is 69.2 Å². The number of halogens is 2. The Hall–Kier alpha value is -1.85. The van der Waals surface area contributed by atoms with Gasteiger partial charge in [0, 0.05) is 28.6 Å². The summed E-state index contributed by atoms with van der Waals surface area (Å²) in [7, 11) is 0. The first kappa shape index (κ1) is 18.9. The summed E-state index contributed by atoms with van der Waals surface area (Å²) in [5.74, 6) is 0.0336. The lowest BCUT2D eigenvalue weighted by molar-refractivity contribution is -0.131. The van der Waals surface area contributed by atoms with E-state index in [1.54, 1.807) is 18.2 Å². The minimum atomic E-state index is -0.0802. The van der Waals surface area contributed by atoms with E-state index >= 15 is 0 Å². The van der Waals surface area contributed by atoms with Crippen molar-refractivity contribution in [2.24, 2.45) is 0 Å². The Morgan fingerprint density at radius 1 is 1.08 bits per heavy atom. The largest absolute Gasteiger partial charge is 0.349 e. The number of carbonyl (C=O) groups excluding carboxylic acids is 2. The molecule has 1 fully saturated rings. The van der Waals surface area contributed by atoms with Crippen LogP contribution in [-0.4, -0.2) is 35.8 Å². The van der Waals surface area contributed by atoms with Crippen molar-refractivity contribution in [2.45, 2.75) is 25.3 Å². The maximum Gasteiger partial charge on any atom is 0.252 e. The molecule has 0 aromatic heterocycles. The molecule has 0 spiro atoms. The molecule has 2 amide bonds. The van der Waals surface area contributed by atoms with E-state index in [4.69, 9.17) is 11.6 Å². The molecule has 0 saturated carbocycles. The van der Waals surface area contributed by atoms with Crippen molar-refractivity contribution in [3.63, 3.8) is 0 Å². The van der Waals surface area contributed by atoms with Crippen LogP contribution in [0.5, 0.6) is 0 Å². The lowest BCUT2D eigenvalue weighted by atomic mass is 10.0. The highest BCUT2D eigenvalue weighted by atomic mass is 79.9. The third kappa shape index (κ3) is 4.86. The molecular weight excluding hydrogens is 416 g/mol. The molecular formula is C20H20BrClN2O2. The molecule has 0 unspecified atom stereocenters. The molecule has 26 heavy (non-hydrogen) atoms. The molecule has 0 aliphatic carbocycles. The van der Waals surface area contributed by atoms with Gasteiger partial charge in [-0.2, -0.15) is 0 Å². The molecule has 1 saturated heterocycles. The summed E-state index contributed by atoms with van der Waals surface area (Å²) >= 11 is 9.28. The summed E-state index contributed by atoms with van der Waals surface area (Å²) < 4.78 is 0.785. The van der Waals surface area contributed by atoms with Gasteiger partial charge in [-0.05, 0) is 58.6 Å². The molecule has 2 aromatic rings. The molecule has 1 aliphatic heterocycles. The highest BCUT2D eigenvalue weighted by molar-refractivity contribution is 9.10. The van der Waals surface area contributed by atoms with E-state index in [9.17, 15) is 9.59 Å². The van der Waals surface area contributed by atoms with E-state index < -0.39 is 0 Å². The lowest BCUT2D eigenvalue weighted by Gasteiger charge is -2.32. The van der Waals surface area contributed by atoms with Crippen LogP contribution >= 0.6 is 27.5 Å². The standard InChI is InChI=1S/C20H20BrClN2O2/c21-18-4-2-1-3-17(18)20(26)23-16-9-11-24(12-10-16)19(25)13-14-5-7-15(22)8-6-14/h1-8,16H,9-13H2,(H,23,26). The van der Waals surface area contributed by atoms with Gasteiger partial charge < -0.3 is 10.2 Å². The van der Waals surface area contributed by atoms with Crippen molar-refractivity contribution < 1.29 is 9.59 Å². The number of likely N-dealkylation sites (tertiary alicyclic amines) is 1. The van der Waals surface area contributed by atoms with Gasteiger partial charge in [-0.15, -0.1) is 0 Å². The quantitative estimate of drug-likeness (QED) is 0.787. The minimum Gasteiger partial charge on any atom is -0.349 e. The second-order valence-corrected chi connectivity index (χ2v) is 7.70. The molecule has 4 nitrogen and oxygen atoms in total. The summed E-state index contributed by atoms with van der Waals surface area (Å²) in [4.78, 5) is 26.7. The van der Waals surface area contributed by atoms with Crippen molar-refractivity contribution >= 4 is 39.3 Å². The molecule has 3 rings (SSSR count). The third-order valence-electron chi connectivity index (χ3n) is 4.57. The maximum atomic E-state index is 12.4. The van der Waals surface area contributed by atoms with Gasteiger partial charge in [0.25, 0.3) is 5.91 Å². The maximum absolute atomic E-state index is 12.4. The number of nitrogens with one attached hydrogen (secondary N) is 1. The summed E-state index contributed by atoms with van der Waals surface area (Å²) in [6.45, 7) is 1.32. The number of hydrogen-bond donors (Lipinski definition) is 1. The predicted octanol–water partition coefficient (Wildman–Crippen LogP) is 4.07. The van der Waals surface area contributed by atoms with Crippen molar-refractivity contribution in [3.8, 4) is 0 Å². The predicted molar refractivity (Wildman–Crippen MR) is 106 cm³/mol. The van der Waals surface area contributed by atoms with Crippen molar-refractivity contribution in [1.82, 2.24) is 10.2 Å².